The second-order valence-electron chi connectivity index (χ2n) is 9.60. The molecule has 0 fully saturated rings. The number of carbonyl (C=O) groups excluding carboxylic acids is 1. The third-order valence-corrected chi connectivity index (χ3v) is 6.69. The zero-order chi connectivity index (χ0) is 26.7. The first-order valence-corrected chi connectivity index (χ1v) is 13.4. The van der Waals surface area contributed by atoms with Crippen LogP contribution in [0.1, 0.15) is 43.0 Å². The van der Waals surface area contributed by atoms with Crippen LogP contribution in [0.15, 0.2) is 91.0 Å². The summed E-state index contributed by atoms with van der Waals surface area (Å²) in [6, 6.07) is 29.6. The van der Waals surface area contributed by atoms with Gasteiger partial charge in [-0.15, -0.1) is 0 Å². The fourth-order valence-electron chi connectivity index (χ4n) is 4.53. The Kier molecular flexibility index (Phi) is 12.2. The van der Waals surface area contributed by atoms with Crippen molar-refractivity contribution in [2.75, 3.05) is 6.61 Å². The summed E-state index contributed by atoms with van der Waals surface area (Å²) >= 11 is 0. The monoisotopic (exact) mass is 533 g/mol. The van der Waals surface area contributed by atoms with Crippen molar-refractivity contribution in [3.05, 3.63) is 108 Å². The van der Waals surface area contributed by atoms with Crippen molar-refractivity contribution in [1.82, 2.24) is 4.57 Å². The van der Waals surface area contributed by atoms with Crippen LogP contribution in [0.4, 0.5) is 0 Å². The van der Waals surface area contributed by atoms with E-state index < -0.39 is 12.1 Å². The number of ether oxygens (including phenoxy) is 2. The molecular weight excluding hydrogens is 497 g/mol. The van der Waals surface area contributed by atoms with Crippen LogP contribution in [-0.4, -0.2) is 23.2 Å². The number of unbranched alkanes of at least 4 members (excludes halogenated alkanes) is 1. The summed E-state index contributed by atoms with van der Waals surface area (Å²) < 4.78 is 14.0. The van der Waals surface area contributed by atoms with E-state index >= 15 is 0 Å². The average molecular weight is 534 g/mol. The molecule has 1 heterocycles. The van der Waals surface area contributed by atoms with E-state index in [4.69, 9.17) is 9.47 Å². The van der Waals surface area contributed by atoms with Gasteiger partial charge < -0.3 is 23.9 Å². The van der Waals surface area contributed by atoms with E-state index in [1.807, 2.05) is 54.6 Å². The number of carboxylic acid groups (broad SMARTS) is 1. The molecule has 0 radical (unpaired) electrons. The van der Waals surface area contributed by atoms with Gasteiger partial charge in [0.2, 0.25) is 0 Å². The normalized spacial score (nSPS) is 11.4. The maximum Gasteiger partial charge on any atom is 1.00 e. The summed E-state index contributed by atoms with van der Waals surface area (Å²) in [6.45, 7) is 5.79. The SMILES string of the molecule is CCCCc1ccc(OCCCn2c(C)ccc2-c2ccc(O[C@H](Cc3ccccc3)C(=O)[O-])cc2)cc1.[Na+]. The summed E-state index contributed by atoms with van der Waals surface area (Å²) in [5, 5.41) is 11.7. The van der Waals surface area contributed by atoms with E-state index in [0.717, 1.165) is 42.0 Å². The summed E-state index contributed by atoms with van der Waals surface area (Å²) in [5.74, 6) is 0.187. The smallest absolute Gasteiger partial charge is 0.546 e. The molecule has 4 rings (SSSR count). The maximum atomic E-state index is 11.7. The van der Waals surface area contributed by atoms with Gasteiger partial charge in [-0.3, -0.25) is 0 Å². The van der Waals surface area contributed by atoms with Crippen molar-refractivity contribution in [3.8, 4) is 22.8 Å². The molecule has 0 aliphatic heterocycles. The van der Waals surface area contributed by atoms with Crippen LogP contribution in [0.2, 0.25) is 0 Å². The Morgan fingerprint density at radius 2 is 1.54 bits per heavy atom. The van der Waals surface area contributed by atoms with Gasteiger partial charge in [0.25, 0.3) is 0 Å². The van der Waals surface area contributed by atoms with Gasteiger partial charge in [0.05, 0.1) is 12.6 Å². The number of hydrogen-bond donors (Lipinski definition) is 0. The van der Waals surface area contributed by atoms with Gasteiger partial charge in [0.1, 0.15) is 17.6 Å². The first-order chi connectivity index (χ1) is 18.5. The number of aliphatic carboxylic acids is 1. The third-order valence-electron chi connectivity index (χ3n) is 6.69. The first kappa shape index (κ1) is 30.6. The molecule has 0 saturated carbocycles. The fourth-order valence-corrected chi connectivity index (χ4v) is 4.53. The molecule has 1 atom stereocenters. The standard InChI is InChI=1S/C33H37NO4.Na/c1-3-4-9-26-13-17-29(18-14-26)37-23-8-22-34-25(2)12-21-31(34)28-15-19-30(20-16-28)38-32(33(35)36)24-27-10-6-5-7-11-27;/h5-7,10-21,32H,3-4,8-9,22-24H2,1-2H3,(H,35,36);/q;+1/p-1/t32-;/m1./s1. The van der Waals surface area contributed by atoms with E-state index in [-0.39, 0.29) is 36.0 Å². The molecule has 0 bridgehead atoms. The fraction of sp³-hybridized carbons (Fsp3) is 0.303. The molecule has 5 nitrogen and oxygen atoms in total. The average Bonchev–Trinajstić information content (AvgIpc) is 3.31. The third kappa shape index (κ3) is 9.03. The molecule has 0 aliphatic rings. The van der Waals surface area contributed by atoms with Crippen LogP contribution in [0.3, 0.4) is 0 Å². The van der Waals surface area contributed by atoms with Gasteiger partial charge in [-0.2, -0.15) is 0 Å². The second-order valence-corrected chi connectivity index (χ2v) is 9.60. The molecule has 198 valence electrons. The zero-order valence-corrected chi connectivity index (χ0v) is 25.3. The Morgan fingerprint density at radius 1 is 0.846 bits per heavy atom. The van der Waals surface area contributed by atoms with Crippen molar-refractivity contribution in [3.63, 3.8) is 0 Å². The minimum absolute atomic E-state index is 0. The number of aromatic nitrogens is 1. The van der Waals surface area contributed by atoms with Gasteiger partial charge in [-0.25, -0.2) is 0 Å². The molecule has 6 heteroatoms. The van der Waals surface area contributed by atoms with Gasteiger partial charge in [0.15, 0.2) is 0 Å². The molecule has 0 unspecified atom stereocenters. The van der Waals surface area contributed by atoms with E-state index in [0.29, 0.717) is 12.4 Å². The van der Waals surface area contributed by atoms with Crippen molar-refractivity contribution in [2.24, 2.45) is 0 Å². The van der Waals surface area contributed by atoms with Gasteiger partial charge in [-0.1, -0.05) is 55.8 Å². The van der Waals surface area contributed by atoms with Crippen molar-refractivity contribution in [2.45, 2.75) is 58.6 Å². The van der Waals surface area contributed by atoms with Crippen LogP contribution in [0, 0.1) is 6.92 Å². The van der Waals surface area contributed by atoms with Gasteiger partial charge >= 0.3 is 29.6 Å². The zero-order valence-electron chi connectivity index (χ0n) is 23.3. The van der Waals surface area contributed by atoms with Crippen LogP contribution in [0.25, 0.3) is 11.3 Å². The molecule has 0 aliphatic carbocycles. The number of carbonyl (C=O) groups is 1. The predicted molar refractivity (Wildman–Crippen MR) is 149 cm³/mol. The van der Waals surface area contributed by atoms with Crippen LogP contribution < -0.4 is 44.1 Å². The van der Waals surface area contributed by atoms with Crippen molar-refractivity contribution in [1.29, 1.82) is 0 Å². The van der Waals surface area contributed by atoms with Gasteiger partial charge in [-0.05, 0) is 91.4 Å². The van der Waals surface area contributed by atoms with E-state index in [2.05, 4.69) is 54.8 Å². The molecule has 39 heavy (non-hydrogen) atoms. The van der Waals surface area contributed by atoms with Crippen LogP contribution in [-0.2, 0) is 24.2 Å². The van der Waals surface area contributed by atoms with E-state index in [9.17, 15) is 9.90 Å². The summed E-state index contributed by atoms with van der Waals surface area (Å²) in [6.07, 6.45) is 3.61. The predicted octanol–water partition coefficient (Wildman–Crippen LogP) is 3.02. The molecule has 0 spiro atoms. The molecule has 0 amide bonds. The minimum atomic E-state index is -1.22. The van der Waals surface area contributed by atoms with Crippen LogP contribution in [0.5, 0.6) is 11.5 Å². The Balaban J connectivity index is 0.00000420. The van der Waals surface area contributed by atoms with Crippen LogP contribution >= 0.6 is 0 Å². The second kappa shape index (κ2) is 15.6. The quantitative estimate of drug-likeness (QED) is 0.185. The summed E-state index contributed by atoms with van der Waals surface area (Å²) in [5.41, 5.74) is 5.58. The number of aryl methyl sites for hydroxylation is 2. The number of rotatable bonds is 14. The minimum Gasteiger partial charge on any atom is -0.546 e. The Morgan fingerprint density at radius 3 is 2.21 bits per heavy atom. The summed E-state index contributed by atoms with van der Waals surface area (Å²) in [7, 11) is 0. The van der Waals surface area contributed by atoms with Gasteiger partial charge in [0, 0.05) is 24.4 Å². The van der Waals surface area contributed by atoms with Crippen molar-refractivity contribution >= 4 is 5.97 Å². The molecule has 0 N–H and O–H groups in total. The number of benzene rings is 3. The Hall–Kier alpha value is -2.99. The number of hydrogen-bond acceptors (Lipinski definition) is 4. The number of carboxylic acids is 1. The van der Waals surface area contributed by atoms with E-state index in [1.54, 1.807) is 0 Å². The molecule has 4 aromatic rings. The molecule has 0 saturated heterocycles. The Bertz CT molecular complexity index is 1280. The van der Waals surface area contributed by atoms with E-state index in [1.165, 1.54) is 24.1 Å². The largest absolute Gasteiger partial charge is 1.00 e. The number of nitrogens with zero attached hydrogens (tertiary/aromatic N) is 1. The molecular formula is C33H36NNaO4. The Labute approximate surface area is 254 Å². The molecule has 1 aromatic heterocycles. The first-order valence-electron chi connectivity index (χ1n) is 13.4. The van der Waals surface area contributed by atoms with Crippen molar-refractivity contribution < 1.29 is 48.9 Å². The summed E-state index contributed by atoms with van der Waals surface area (Å²) in [4.78, 5) is 11.7. The molecule has 3 aromatic carbocycles. The maximum absolute atomic E-state index is 11.7. The topological polar surface area (TPSA) is 63.5 Å².